The van der Waals surface area contributed by atoms with Crippen molar-refractivity contribution >= 4 is 11.8 Å². The number of ether oxygens (including phenoxy) is 1. The van der Waals surface area contributed by atoms with Crippen LogP contribution in [0.4, 0.5) is 0 Å². The quantitative estimate of drug-likeness (QED) is 0.749. The summed E-state index contributed by atoms with van der Waals surface area (Å²) in [7, 11) is 0. The predicted octanol–water partition coefficient (Wildman–Crippen LogP) is 2.97. The molecule has 0 atom stereocenters. The van der Waals surface area contributed by atoms with Crippen molar-refractivity contribution < 1.29 is 14.3 Å². The number of pyridine rings is 1. The molecule has 3 rings (SSSR count). The number of rotatable bonds is 7. The van der Waals surface area contributed by atoms with Crippen LogP contribution in [0.3, 0.4) is 0 Å². The fraction of sp³-hybridized carbons (Fsp3) is 0.409. The van der Waals surface area contributed by atoms with E-state index in [0.717, 1.165) is 24.2 Å². The number of carbonyl (C=O) groups excluding carboxylic acids is 2. The molecule has 1 aromatic heterocycles. The second kappa shape index (κ2) is 9.88. The molecule has 1 fully saturated rings. The first-order valence-electron chi connectivity index (χ1n) is 9.80. The zero-order valence-electron chi connectivity index (χ0n) is 16.3. The first-order valence-corrected chi connectivity index (χ1v) is 9.80. The molecule has 6 nitrogen and oxygen atoms in total. The van der Waals surface area contributed by atoms with Crippen molar-refractivity contribution in [3.8, 4) is 5.75 Å². The molecular weight excluding hydrogens is 354 g/mol. The highest BCUT2D eigenvalue weighted by molar-refractivity contribution is 5.94. The Morgan fingerprint density at radius 3 is 2.57 bits per heavy atom. The zero-order valence-corrected chi connectivity index (χ0v) is 16.3. The first kappa shape index (κ1) is 19.9. The normalized spacial score (nSPS) is 14.5. The van der Waals surface area contributed by atoms with Crippen LogP contribution in [0.5, 0.6) is 5.75 Å². The van der Waals surface area contributed by atoms with Crippen molar-refractivity contribution in [2.45, 2.75) is 38.6 Å². The summed E-state index contributed by atoms with van der Waals surface area (Å²) in [5.74, 6) is 0.946. The lowest BCUT2D eigenvalue weighted by molar-refractivity contribution is -0.122. The van der Waals surface area contributed by atoms with Gasteiger partial charge in [0, 0.05) is 43.5 Å². The van der Waals surface area contributed by atoms with Crippen LogP contribution in [-0.2, 0) is 4.79 Å². The van der Waals surface area contributed by atoms with E-state index in [1.165, 1.54) is 0 Å². The summed E-state index contributed by atoms with van der Waals surface area (Å²) < 4.78 is 5.73. The van der Waals surface area contributed by atoms with Gasteiger partial charge in [-0.2, -0.15) is 0 Å². The van der Waals surface area contributed by atoms with Gasteiger partial charge in [-0.3, -0.25) is 14.6 Å². The molecule has 1 aromatic carbocycles. The summed E-state index contributed by atoms with van der Waals surface area (Å²) >= 11 is 0. The van der Waals surface area contributed by atoms with Crippen LogP contribution in [0.1, 0.15) is 41.6 Å². The lowest BCUT2D eigenvalue weighted by Gasteiger charge is -2.32. The van der Waals surface area contributed by atoms with E-state index >= 15 is 0 Å². The second-order valence-corrected chi connectivity index (χ2v) is 7.09. The number of hydrogen-bond acceptors (Lipinski definition) is 4. The number of aryl methyl sites for hydroxylation is 1. The maximum Gasteiger partial charge on any atom is 0.253 e. The summed E-state index contributed by atoms with van der Waals surface area (Å²) in [5, 5.41) is 3.09. The molecule has 0 saturated carbocycles. The third-order valence-corrected chi connectivity index (χ3v) is 4.97. The molecule has 2 heterocycles. The van der Waals surface area contributed by atoms with Gasteiger partial charge in [0.05, 0.1) is 6.61 Å². The van der Waals surface area contributed by atoms with Crippen molar-refractivity contribution in [2.75, 3.05) is 19.7 Å². The first-order chi connectivity index (χ1) is 13.6. The molecule has 0 aliphatic carbocycles. The van der Waals surface area contributed by atoms with Crippen molar-refractivity contribution in [1.29, 1.82) is 0 Å². The number of carbonyl (C=O) groups is 2. The lowest BCUT2D eigenvalue weighted by atomic mass is 10.0. The Kier molecular flexibility index (Phi) is 7.00. The molecule has 0 unspecified atom stereocenters. The average molecular weight is 381 g/mol. The molecule has 2 amide bonds. The summed E-state index contributed by atoms with van der Waals surface area (Å²) in [6.45, 7) is 3.84. The molecule has 28 heavy (non-hydrogen) atoms. The highest BCUT2D eigenvalue weighted by Gasteiger charge is 2.24. The fourth-order valence-electron chi connectivity index (χ4n) is 3.34. The van der Waals surface area contributed by atoms with E-state index < -0.39 is 0 Å². The minimum absolute atomic E-state index is 0.0283. The van der Waals surface area contributed by atoms with Gasteiger partial charge in [-0.05, 0) is 49.9 Å². The third kappa shape index (κ3) is 5.55. The van der Waals surface area contributed by atoms with Crippen LogP contribution < -0.4 is 10.1 Å². The lowest BCUT2D eigenvalue weighted by Crippen LogP contribution is -2.46. The maximum absolute atomic E-state index is 12.4. The molecule has 1 aliphatic heterocycles. The van der Waals surface area contributed by atoms with Crippen molar-refractivity contribution in [3.63, 3.8) is 0 Å². The van der Waals surface area contributed by atoms with Crippen molar-refractivity contribution in [3.05, 3.63) is 59.9 Å². The van der Waals surface area contributed by atoms with E-state index in [-0.39, 0.29) is 17.9 Å². The van der Waals surface area contributed by atoms with E-state index in [1.54, 1.807) is 24.5 Å². The van der Waals surface area contributed by atoms with Gasteiger partial charge in [0.2, 0.25) is 5.91 Å². The smallest absolute Gasteiger partial charge is 0.253 e. The zero-order chi connectivity index (χ0) is 19.8. The van der Waals surface area contributed by atoms with E-state index in [0.29, 0.717) is 38.1 Å². The second-order valence-electron chi connectivity index (χ2n) is 7.09. The van der Waals surface area contributed by atoms with Crippen LogP contribution in [0, 0.1) is 6.92 Å². The Balaban J connectivity index is 1.34. The van der Waals surface area contributed by atoms with E-state index in [9.17, 15) is 9.59 Å². The molecule has 0 radical (unpaired) electrons. The molecule has 0 bridgehead atoms. The topological polar surface area (TPSA) is 71.5 Å². The summed E-state index contributed by atoms with van der Waals surface area (Å²) in [6, 6.07) is 11.5. The molecule has 0 spiro atoms. The molecule has 6 heteroatoms. The van der Waals surface area contributed by atoms with Gasteiger partial charge in [-0.25, -0.2) is 0 Å². The van der Waals surface area contributed by atoms with Crippen molar-refractivity contribution in [2.24, 2.45) is 0 Å². The number of nitrogens with zero attached hydrogens (tertiary/aromatic N) is 2. The Bertz CT molecular complexity index is 787. The number of aromatic nitrogens is 1. The van der Waals surface area contributed by atoms with Crippen LogP contribution in [0.2, 0.25) is 0 Å². The average Bonchev–Trinajstić information content (AvgIpc) is 2.73. The molecule has 148 valence electrons. The third-order valence-electron chi connectivity index (χ3n) is 4.97. The molecule has 1 saturated heterocycles. The van der Waals surface area contributed by atoms with Gasteiger partial charge in [0.15, 0.2) is 0 Å². The van der Waals surface area contributed by atoms with E-state index in [1.807, 2.05) is 36.1 Å². The van der Waals surface area contributed by atoms with Gasteiger partial charge >= 0.3 is 0 Å². The summed E-state index contributed by atoms with van der Waals surface area (Å²) in [5.41, 5.74) is 1.76. The number of piperidine rings is 1. The maximum atomic E-state index is 12.4. The highest BCUT2D eigenvalue weighted by atomic mass is 16.5. The summed E-state index contributed by atoms with van der Waals surface area (Å²) in [6.07, 6.45) is 5.94. The van der Waals surface area contributed by atoms with Crippen LogP contribution in [0.15, 0.2) is 48.8 Å². The minimum Gasteiger partial charge on any atom is -0.493 e. The Hall–Kier alpha value is -2.89. The number of nitrogens with one attached hydrogen (secondary N) is 1. The van der Waals surface area contributed by atoms with Gasteiger partial charge < -0.3 is 15.0 Å². The van der Waals surface area contributed by atoms with Gasteiger partial charge in [-0.15, -0.1) is 0 Å². The molecule has 1 aliphatic rings. The monoisotopic (exact) mass is 381 g/mol. The Morgan fingerprint density at radius 2 is 1.86 bits per heavy atom. The number of likely N-dealkylation sites (tertiary alicyclic amines) is 1. The van der Waals surface area contributed by atoms with Crippen LogP contribution in [0.25, 0.3) is 0 Å². The standard InChI is InChI=1S/C22H27N3O3/c1-17-5-2-3-6-20(17)28-16-4-7-21(26)24-19-10-14-25(15-11-19)22(27)18-8-12-23-13-9-18/h2-3,5-6,8-9,12-13,19H,4,7,10-11,14-16H2,1H3,(H,24,26). The highest BCUT2D eigenvalue weighted by Crippen LogP contribution is 2.17. The SMILES string of the molecule is Cc1ccccc1OCCCC(=O)NC1CCN(C(=O)c2ccncc2)CC1. The Labute approximate surface area is 165 Å². The number of benzene rings is 1. The molecule has 2 aromatic rings. The fourth-order valence-corrected chi connectivity index (χ4v) is 3.34. The molecular formula is C22H27N3O3. The molecule has 1 N–H and O–H groups in total. The largest absolute Gasteiger partial charge is 0.493 e. The van der Waals surface area contributed by atoms with Crippen LogP contribution in [-0.4, -0.2) is 47.4 Å². The van der Waals surface area contributed by atoms with Gasteiger partial charge in [0.25, 0.3) is 5.91 Å². The predicted molar refractivity (Wildman–Crippen MR) is 107 cm³/mol. The van der Waals surface area contributed by atoms with E-state index in [4.69, 9.17) is 4.74 Å². The number of para-hydroxylation sites is 1. The minimum atomic E-state index is 0.0283. The number of amides is 2. The van der Waals surface area contributed by atoms with Crippen molar-refractivity contribution in [1.82, 2.24) is 15.2 Å². The Morgan fingerprint density at radius 1 is 1.14 bits per heavy atom. The van der Waals surface area contributed by atoms with Gasteiger partial charge in [-0.1, -0.05) is 18.2 Å². The van der Waals surface area contributed by atoms with E-state index in [2.05, 4.69) is 10.3 Å². The van der Waals surface area contributed by atoms with Gasteiger partial charge in [0.1, 0.15) is 5.75 Å². The number of hydrogen-bond donors (Lipinski definition) is 1. The van der Waals surface area contributed by atoms with Crippen LogP contribution >= 0.6 is 0 Å². The summed E-state index contributed by atoms with van der Waals surface area (Å²) in [4.78, 5) is 30.4.